The average Bonchev–Trinajstić information content (AvgIpc) is 2.94. The van der Waals surface area contributed by atoms with Gasteiger partial charge in [-0.25, -0.2) is 4.79 Å². The normalized spacial score (nSPS) is 14.1. The van der Waals surface area contributed by atoms with Crippen LogP contribution in [0.2, 0.25) is 0 Å². The van der Waals surface area contributed by atoms with E-state index in [4.69, 9.17) is 5.11 Å². The van der Waals surface area contributed by atoms with Crippen LogP contribution in [-0.4, -0.2) is 46.3 Å². The predicted molar refractivity (Wildman–Crippen MR) is 106 cm³/mol. The van der Waals surface area contributed by atoms with Crippen LogP contribution in [-0.2, 0) is 11.2 Å². The summed E-state index contributed by atoms with van der Waals surface area (Å²) in [4.78, 5) is 50.2. The van der Waals surface area contributed by atoms with Crippen molar-refractivity contribution in [2.45, 2.75) is 26.3 Å². The summed E-state index contributed by atoms with van der Waals surface area (Å²) in [6.45, 7) is 3.88. The minimum Gasteiger partial charge on any atom is -0.478 e. The molecule has 7 heteroatoms. The zero-order valence-electron chi connectivity index (χ0n) is 16.2. The highest BCUT2D eigenvalue weighted by molar-refractivity contribution is 6.22. The summed E-state index contributed by atoms with van der Waals surface area (Å²) in [7, 11) is 0. The first kappa shape index (κ1) is 20.3. The number of aromatic carboxylic acids is 1. The second-order valence-corrected chi connectivity index (χ2v) is 7.26. The summed E-state index contributed by atoms with van der Waals surface area (Å²) in [5, 5.41) is 11.7. The number of carboxylic acids is 1. The summed E-state index contributed by atoms with van der Waals surface area (Å²) in [5.41, 5.74) is 1.70. The van der Waals surface area contributed by atoms with E-state index in [-0.39, 0.29) is 11.5 Å². The SMILES string of the molecule is CC(C)C(C(=O)NCCc1ccc(C(=O)O)cc1)N1C(=O)c2ccccc2C1=O. The number of hydrogen-bond acceptors (Lipinski definition) is 4. The van der Waals surface area contributed by atoms with Crippen LogP contribution in [0.3, 0.4) is 0 Å². The molecule has 1 unspecified atom stereocenters. The van der Waals surface area contributed by atoms with Gasteiger partial charge in [0.05, 0.1) is 16.7 Å². The molecule has 0 spiro atoms. The van der Waals surface area contributed by atoms with Crippen molar-refractivity contribution in [2.24, 2.45) is 5.92 Å². The second kappa shape index (κ2) is 8.26. The number of amides is 3. The van der Waals surface area contributed by atoms with Gasteiger partial charge in [-0.05, 0) is 42.2 Å². The van der Waals surface area contributed by atoms with E-state index in [0.29, 0.717) is 24.1 Å². The van der Waals surface area contributed by atoms with Gasteiger partial charge in [-0.3, -0.25) is 19.3 Å². The Morgan fingerprint density at radius 3 is 2.00 bits per heavy atom. The molecule has 1 aliphatic rings. The Morgan fingerprint density at radius 1 is 0.966 bits per heavy atom. The van der Waals surface area contributed by atoms with Gasteiger partial charge in [0, 0.05) is 6.54 Å². The van der Waals surface area contributed by atoms with Crippen LogP contribution in [0, 0.1) is 5.92 Å². The lowest BCUT2D eigenvalue weighted by molar-refractivity contribution is -0.126. The molecule has 7 nitrogen and oxygen atoms in total. The van der Waals surface area contributed by atoms with Gasteiger partial charge in [0.15, 0.2) is 0 Å². The fraction of sp³-hybridized carbons (Fsp3) is 0.273. The molecule has 0 saturated heterocycles. The van der Waals surface area contributed by atoms with E-state index in [2.05, 4.69) is 5.32 Å². The Bertz CT molecular complexity index is 930. The van der Waals surface area contributed by atoms with Crippen LogP contribution in [0.4, 0.5) is 0 Å². The van der Waals surface area contributed by atoms with E-state index in [0.717, 1.165) is 10.5 Å². The maximum atomic E-state index is 12.8. The van der Waals surface area contributed by atoms with Crippen LogP contribution in [0.5, 0.6) is 0 Å². The van der Waals surface area contributed by atoms with Crippen LogP contribution < -0.4 is 5.32 Å². The first-order valence-corrected chi connectivity index (χ1v) is 9.38. The highest BCUT2D eigenvalue weighted by atomic mass is 16.4. The number of carbonyl (C=O) groups is 4. The van der Waals surface area contributed by atoms with Gasteiger partial charge in [-0.15, -0.1) is 0 Å². The van der Waals surface area contributed by atoms with E-state index >= 15 is 0 Å². The zero-order valence-corrected chi connectivity index (χ0v) is 16.2. The lowest BCUT2D eigenvalue weighted by atomic mass is 10.0. The van der Waals surface area contributed by atoms with Crippen LogP contribution >= 0.6 is 0 Å². The zero-order chi connectivity index (χ0) is 21.1. The van der Waals surface area contributed by atoms with E-state index in [1.165, 1.54) is 12.1 Å². The van der Waals surface area contributed by atoms with Gasteiger partial charge in [0.25, 0.3) is 11.8 Å². The van der Waals surface area contributed by atoms with Crippen molar-refractivity contribution in [2.75, 3.05) is 6.54 Å². The third-order valence-corrected chi connectivity index (χ3v) is 4.92. The van der Waals surface area contributed by atoms with E-state index in [1.807, 2.05) is 0 Å². The van der Waals surface area contributed by atoms with E-state index < -0.39 is 29.7 Å². The van der Waals surface area contributed by atoms with Gasteiger partial charge in [0.1, 0.15) is 6.04 Å². The lowest BCUT2D eigenvalue weighted by Crippen LogP contribution is -2.52. The van der Waals surface area contributed by atoms with Crippen molar-refractivity contribution < 1.29 is 24.3 Å². The quantitative estimate of drug-likeness (QED) is 0.702. The van der Waals surface area contributed by atoms with Crippen molar-refractivity contribution in [3.05, 3.63) is 70.8 Å². The average molecular weight is 394 g/mol. The molecule has 1 heterocycles. The fourth-order valence-electron chi connectivity index (χ4n) is 3.43. The molecule has 0 aromatic heterocycles. The molecule has 0 fully saturated rings. The highest BCUT2D eigenvalue weighted by Gasteiger charge is 2.43. The molecule has 0 saturated carbocycles. The molecule has 3 amide bonds. The van der Waals surface area contributed by atoms with Gasteiger partial charge in [0.2, 0.25) is 5.91 Å². The Morgan fingerprint density at radius 2 is 1.52 bits per heavy atom. The largest absolute Gasteiger partial charge is 0.478 e. The topological polar surface area (TPSA) is 104 Å². The van der Waals surface area contributed by atoms with Crippen LogP contribution in [0.15, 0.2) is 48.5 Å². The molecule has 3 rings (SSSR count). The molecule has 29 heavy (non-hydrogen) atoms. The molecule has 0 radical (unpaired) electrons. The summed E-state index contributed by atoms with van der Waals surface area (Å²) in [5.74, 6) is -2.55. The molecule has 2 aromatic carbocycles. The standard InChI is InChI=1S/C22H22N2O5/c1-13(2)18(24-20(26)16-5-3-4-6-17(16)21(24)27)19(25)23-12-11-14-7-9-15(10-8-14)22(28)29/h3-10,13,18H,11-12H2,1-2H3,(H,23,25)(H,28,29). The van der Waals surface area contributed by atoms with Gasteiger partial charge < -0.3 is 10.4 Å². The number of benzene rings is 2. The van der Waals surface area contributed by atoms with Gasteiger partial charge in [-0.1, -0.05) is 38.1 Å². The molecule has 1 atom stereocenters. The smallest absolute Gasteiger partial charge is 0.335 e. The summed E-state index contributed by atoms with van der Waals surface area (Å²) >= 11 is 0. The molecule has 1 aliphatic heterocycles. The number of nitrogens with zero attached hydrogens (tertiary/aromatic N) is 1. The van der Waals surface area contributed by atoms with Crippen molar-refractivity contribution >= 4 is 23.7 Å². The number of carboxylic acid groups (broad SMARTS) is 1. The third kappa shape index (κ3) is 4.03. The molecule has 150 valence electrons. The first-order valence-electron chi connectivity index (χ1n) is 9.38. The number of nitrogens with one attached hydrogen (secondary N) is 1. The molecule has 0 aliphatic carbocycles. The molecule has 2 N–H and O–H groups in total. The molecular weight excluding hydrogens is 372 g/mol. The number of imide groups is 1. The van der Waals surface area contributed by atoms with Crippen molar-refractivity contribution in [1.82, 2.24) is 10.2 Å². The summed E-state index contributed by atoms with van der Waals surface area (Å²) < 4.78 is 0. The van der Waals surface area contributed by atoms with Gasteiger partial charge >= 0.3 is 5.97 Å². The second-order valence-electron chi connectivity index (χ2n) is 7.26. The molecular formula is C22H22N2O5. The minimum absolute atomic E-state index is 0.197. The monoisotopic (exact) mass is 394 g/mol. The Labute approximate surface area is 168 Å². The van der Waals surface area contributed by atoms with Crippen LogP contribution in [0.1, 0.15) is 50.5 Å². The van der Waals surface area contributed by atoms with Crippen molar-refractivity contribution in [3.63, 3.8) is 0 Å². The lowest BCUT2D eigenvalue weighted by Gasteiger charge is -2.28. The Balaban J connectivity index is 1.67. The van der Waals surface area contributed by atoms with Gasteiger partial charge in [-0.2, -0.15) is 0 Å². The number of rotatable bonds is 7. The third-order valence-electron chi connectivity index (χ3n) is 4.92. The predicted octanol–water partition coefficient (Wildman–Crippen LogP) is 2.36. The Kier molecular flexibility index (Phi) is 5.77. The minimum atomic E-state index is -0.995. The van der Waals surface area contributed by atoms with Crippen molar-refractivity contribution in [3.8, 4) is 0 Å². The molecule has 0 bridgehead atoms. The molecule has 2 aromatic rings. The highest BCUT2D eigenvalue weighted by Crippen LogP contribution is 2.27. The fourth-order valence-corrected chi connectivity index (χ4v) is 3.43. The maximum absolute atomic E-state index is 12.8. The van der Waals surface area contributed by atoms with Crippen LogP contribution in [0.25, 0.3) is 0 Å². The summed E-state index contributed by atoms with van der Waals surface area (Å²) in [6.07, 6.45) is 0.499. The van der Waals surface area contributed by atoms with Crippen molar-refractivity contribution in [1.29, 1.82) is 0 Å². The number of fused-ring (bicyclic) bond motifs is 1. The number of hydrogen-bond donors (Lipinski definition) is 2. The van der Waals surface area contributed by atoms with E-state index in [9.17, 15) is 19.2 Å². The number of carbonyl (C=O) groups excluding carboxylic acids is 3. The first-order chi connectivity index (χ1) is 13.8. The summed E-state index contributed by atoms with van der Waals surface area (Å²) in [6, 6.07) is 12.1. The Hall–Kier alpha value is -3.48. The maximum Gasteiger partial charge on any atom is 0.335 e. The van der Waals surface area contributed by atoms with E-state index in [1.54, 1.807) is 50.2 Å².